The maximum Gasteiger partial charge on any atom is 0.0449 e. The van der Waals surface area contributed by atoms with Crippen LogP contribution in [0.15, 0.2) is 108 Å². The molecule has 36 heavy (non-hydrogen) atoms. The van der Waals surface area contributed by atoms with Gasteiger partial charge in [-0.3, -0.25) is 0 Å². The molecule has 0 unspecified atom stereocenters. The smallest absolute Gasteiger partial charge is 0.0449 e. The first-order valence-corrected chi connectivity index (χ1v) is 16.4. The van der Waals surface area contributed by atoms with E-state index in [0.29, 0.717) is 0 Å². The molecule has 0 aliphatic heterocycles. The van der Waals surface area contributed by atoms with Crippen LogP contribution >= 0.6 is 68.0 Å². The Morgan fingerprint density at radius 3 is 1.06 bits per heavy atom. The summed E-state index contributed by atoms with van der Waals surface area (Å²) < 4.78 is 0. The number of hydrogen-bond acceptors (Lipinski definition) is 6. The lowest BCUT2D eigenvalue weighted by atomic mass is 10.1. The molecule has 0 nitrogen and oxygen atoms in total. The summed E-state index contributed by atoms with van der Waals surface area (Å²) in [6.45, 7) is 0. The van der Waals surface area contributed by atoms with E-state index in [1.54, 1.807) is 22.7 Å². The Hall–Kier alpha value is -2.58. The average Bonchev–Trinajstić information content (AvgIpc) is 3.75. The quantitative estimate of drug-likeness (QED) is 0.186. The van der Waals surface area contributed by atoms with Crippen molar-refractivity contribution in [2.75, 3.05) is 0 Å². The van der Waals surface area contributed by atoms with Crippen LogP contribution in [0.4, 0.5) is 0 Å². The third-order valence-corrected chi connectivity index (χ3v) is 12.8. The van der Waals surface area contributed by atoms with Gasteiger partial charge >= 0.3 is 0 Å². The molecule has 0 aliphatic rings. The molecule has 0 amide bonds. The van der Waals surface area contributed by atoms with Crippen molar-refractivity contribution < 1.29 is 0 Å². The predicted molar refractivity (Wildman–Crippen MR) is 166 cm³/mol. The molecule has 6 heteroatoms. The van der Waals surface area contributed by atoms with E-state index in [4.69, 9.17) is 0 Å². The van der Waals surface area contributed by atoms with Crippen LogP contribution in [0.1, 0.15) is 0 Å². The van der Waals surface area contributed by atoms with E-state index >= 15 is 0 Å². The maximum absolute atomic E-state index is 2.34. The maximum atomic E-state index is 2.34. The first-order chi connectivity index (χ1) is 17.8. The minimum Gasteiger partial charge on any atom is -0.143 e. The number of thiophene rings is 6. The third-order valence-electron chi connectivity index (χ3n) is 5.87. The van der Waals surface area contributed by atoms with E-state index in [1.165, 1.54) is 59.9 Å². The highest BCUT2D eigenvalue weighted by atomic mass is 32.1. The van der Waals surface area contributed by atoms with Crippen molar-refractivity contribution in [3.8, 4) is 59.9 Å². The highest BCUT2D eigenvalue weighted by Crippen LogP contribution is 2.44. The van der Waals surface area contributed by atoms with Gasteiger partial charge in [-0.25, -0.2) is 0 Å². The van der Waals surface area contributed by atoms with Gasteiger partial charge in [-0.2, -0.15) is 0 Å². The van der Waals surface area contributed by atoms with Crippen molar-refractivity contribution in [1.29, 1.82) is 0 Å². The molecule has 6 heterocycles. The van der Waals surface area contributed by atoms with E-state index in [-0.39, 0.29) is 0 Å². The van der Waals surface area contributed by atoms with Gasteiger partial charge in [-0.05, 0) is 88.6 Å². The molecule has 0 saturated heterocycles. The molecule has 7 rings (SSSR count). The van der Waals surface area contributed by atoms with Gasteiger partial charge in [0.15, 0.2) is 0 Å². The third kappa shape index (κ3) is 4.39. The lowest BCUT2D eigenvalue weighted by molar-refractivity contribution is 1.69. The SMILES string of the molecule is c1cc(-c2ccc(-c3ccc(-c4cccs4)s3)s2)cc(-c2ccc(-c3ccc(-c4cccs4)s3)s2)c1. The molecular formula is C30H18S6. The Morgan fingerprint density at radius 2 is 0.667 bits per heavy atom. The topological polar surface area (TPSA) is 0 Å². The molecular weight excluding hydrogens is 553 g/mol. The van der Waals surface area contributed by atoms with Gasteiger partial charge in [0.1, 0.15) is 0 Å². The lowest BCUT2D eigenvalue weighted by Crippen LogP contribution is -1.75. The van der Waals surface area contributed by atoms with Gasteiger partial charge in [0.2, 0.25) is 0 Å². The largest absolute Gasteiger partial charge is 0.143 e. The molecule has 6 aromatic heterocycles. The van der Waals surface area contributed by atoms with Crippen LogP contribution in [-0.4, -0.2) is 0 Å². The van der Waals surface area contributed by atoms with E-state index in [2.05, 4.69) is 108 Å². The zero-order chi connectivity index (χ0) is 23.9. The Morgan fingerprint density at radius 1 is 0.306 bits per heavy atom. The zero-order valence-corrected chi connectivity index (χ0v) is 23.7. The summed E-state index contributed by atoms with van der Waals surface area (Å²) in [7, 11) is 0. The zero-order valence-electron chi connectivity index (χ0n) is 18.8. The molecule has 0 bridgehead atoms. The van der Waals surface area contributed by atoms with Crippen LogP contribution < -0.4 is 0 Å². The molecule has 174 valence electrons. The molecule has 7 aromatic rings. The molecule has 0 N–H and O–H groups in total. The van der Waals surface area contributed by atoms with E-state index in [9.17, 15) is 0 Å². The number of benzene rings is 1. The van der Waals surface area contributed by atoms with Gasteiger partial charge in [-0.1, -0.05) is 30.3 Å². The molecule has 0 aliphatic carbocycles. The van der Waals surface area contributed by atoms with Crippen LogP contribution in [0.5, 0.6) is 0 Å². The first kappa shape index (κ1) is 22.6. The van der Waals surface area contributed by atoms with Crippen LogP contribution in [0, 0.1) is 0 Å². The molecule has 0 spiro atoms. The summed E-state index contributed by atoms with van der Waals surface area (Å²) in [6.07, 6.45) is 0. The van der Waals surface area contributed by atoms with Crippen molar-refractivity contribution in [2.24, 2.45) is 0 Å². The minimum absolute atomic E-state index is 1.28. The van der Waals surface area contributed by atoms with Gasteiger partial charge in [0.25, 0.3) is 0 Å². The normalized spacial score (nSPS) is 11.3. The predicted octanol–water partition coefficient (Wildman–Crippen LogP) is 12.1. The summed E-state index contributed by atoms with van der Waals surface area (Å²) in [5.41, 5.74) is 2.56. The van der Waals surface area contributed by atoms with Crippen molar-refractivity contribution in [3.63, 3.8) is 0 Å². The lowest BCUT2D eigenvalue weighted by Gasteiger charge is -2.02. The fourth-order valence-corrected chi connectivity index (χ4v) is 9.99. The van der Waals surface area contributed by atoms with Crippen LogP contribution in [0.25, 0.3) is 59.9 Å². The van der Waals surface area contributed by atoms with Gasteiger partial charge in [0, 0.05) is 48.8 Å². The monoisotopic (exact) mass is 570 g/mol. The summed E-state index contributed by atoms with van der Waals surface area (Å²) in [5, 5.41) is 4.29. The molecule has 0 saturated carbocycles. The van der Waals surface area contributed by atoms with Crippen molar-refractivity contribution in [1.82, 2.24) is 0 Å². The van der Waals surface area contributed by atoms with Crippen LogP contribution in [-0.2, 0) is 0 Å². The summed E-state index contributed by atoms with van der Waals surface area (Å²) in [5.74, 6) is 0. The first-order valence-electron chi connectivity index (χ1n) is 11.4. The molecule has 0 fully saturated rings. The number of hydrogen-bond donors (Lipinski definition) is 0. The van der Waals surface area contributed by atoms with Gasteiger partial charge in [0.05, 0.1) is 0 Å². The van der Waals surface area contributed by atoms with E-state index < -0.39 is 0 Å². The highest BCUT2D eigenvalue weighted by Gasteiger charge is 2.12. The van der Waals surface area contributed by atoms with Crippen molar-refractivity contribution in [3.05, 3.63) is 108 Å². The summed E-state index contributed by atoms with van der Waals surface area (Å²) in [4.78, 5) is 13.4. The molecule has 0 radical (unpaired) electrons. The Balaban J connectivity index is 1.14. The highest BCUT2D eigenvalue weighted by molar-refractivity contribution is 7.27. The van der Waals surface area contributed by atoms with Gasteiger partial charge in [-0.15, -0.1) is 68.0 Å². The van der Waals surface area contributed by atoms with Crippen LogP contribution in [0.2, 0.25) is 0 Å². The van der Waals surface area contributed by atoms with Crippen LogP contribution in [0.3, 0.4) is 0 Å². The minimum atomic E-state index is 1.28. The Kier molecular flexibility index (Phi) is 6.10. The Labute approximate surface area is 234 Å². The second-order valence-electron chi connectivity index (χ2n) is 8.19. The second-order valence-corrected chi connectivity index (χ2v) is 14.4. The Bertz CT molecular complexity index is 1610. The van der Waals surface area contributed by atoms with Crippen molar-refractivity contribution in [2.45, 2.75) is 0 Å². The molecule has 0 atom stereocenters. The fraction of sp³-hybridized carbons (Fsp3) is 0. The van der Waals surface area contributed by atoms with E-state index in [0.717, 1.165) is 0 Å². The van der Waals surface area contributed by atoms with Crippen molar-refractivity contribution >= 4 is 68.0 Å². The van der Waals surface area contributed by atoms with E-state index in [1.807, 2.05) is 45.3 Å². The fourth-order valence-electron chi connectivity index (χ4n) is 4.12. The standard InChI is InChI=1S/C30H18S6/c1-4-19(21-8-10-27(33-21)29-14-12-25(35-29)23-6-2-16-31-23)18-20(5-1)22-9-11-28(34-22)30-15-13-26(36-30)24-7-3-17-32-24/h1-18H. The average molecular weight is 571 g/mol. The van der Waals surface area contributed by atoms with Gasteiger partial charge < -0.3 is 0 Å². The summed E-state index contributed by atoms with van der Waals surface area (Å²) in [6, 6.07) is 35.7. The summed E-state index contributed by atoms with van der Waals surface area (Å²) >= 11 is 11.1. The second kappa shape index (κ2) is 9.71. The number of rotatable bonds is 6. The molecule has 1 aromatic carbocycles.